The number of hydrogen-bond acceptors (Lipinski definition) is 4. The third-order valence-corrected chi connectivity index (χ3v) is 4.31. The monoisotopic (exact) mass is 348 g/mol. The Hall–Kier alpha value is -2.38. The van der Waals surface area contributed by atoms with Crippen molar-refractivity contribution in [2.24, 2.45) is 0 Å². The zero-order valence-corrected chi connectivity index (χ0v) is 13.7. The van der Waals surface area contributed by atoms with Crippen molar-refractivity contribution in [1.82, 2.24) is 15.6 Å². The second-order valence-electron chi connectivity index (χ2n) is 4.91. The lowest BCUT2D eigenvalue weighted by Gasteiger charge is -2.28. The predicted octanol–water partition coefficient (Wildman–Crippen LogP) is 3.06. The maximum atomic E-state index is 12.6. The largest absolute Gasteiger partial charge is 0.327 e. The molecule has 0 aliphatic carbocycles. The van der Waals surface area contributed by atoms with Crippen molar-refractivity contribution in [2.75, 3.05) is 5.32 Å². The van der Waals surface area contributed by atoms with Crippen LogP contribution in [0.25, 0.3) is 0 Å². The average Bonchev–Trinajstić information content (AvgIpc) is 3.00. The molecule has 1 aromatic carbocycles. The lowest BCUT2D eigenvalue weighted by atomic mass is 9.95. The second kappa shape index (κ2) is 6.39. The minimum absolute atomic E-state index is 0.315. The van der Waals surface area contributed by atoms with Crippen LogP contribution in [0, 0.1) is 0 Å². The highest BCUT2D eigenvalue weighted by Crippen LogP contribution is 2.28. The molecule has 0 bridgehead atoms. The topological polar surface area (TPSA) is 83.1 Å². The average molecular weight is 349 g/mol. The van der Waals surface area contributed by atoms with Crippen LogP contribution >= 0.6 is 22.9 Å². The van der Waals surface area contributed by atoms with E-state index in [0.29, 0.717) is 21.4 Å². The molecule has 0 spiro atoms. The first-order valence-corrected chi connectivity index (χ1v) is 8.05. The molecule has 0 radical (unpaired) electrons. The second-order valence-corrected chi connectivity index (χ2v) is 6.24. The minimum atomic E-state index is -0.555. The molecular weight excluding hydrogens is 336 g/mol. The third kappa shape index (κ3) is 3.35. The van der Waals surface area contributed by atoms with Gasteiger partial charge in [-0.05, 0) is 24.6 Å². The van der Waals surface area contributed by atoms with Crippen LogP contribution < -0.4 is 16.0 Å². The first-order valence-electron chi connectivity index (χ1n) is 6.79. The highest BCUT2D eigenvalue weighted by atomic mass is 35.5. The Balaban J connectivity index is 1.95. The number of nitrogens with one attached hydrogen (secondary N) is 3. The Bertz CT molecular complexity index is 771. The number of aromatic nitrogens is 1. The number of anilines is 1. The van der Waals surface area contributed by atoms with E-state index >= 15 is 0 Å². The molecular formula is C15H13ClN4O2S. The molecule has 1 aromatic heterocycles. The van der Waals surface area contributed by atoms with Gasteiger partial charge in [0, 0.05) is 22.3 Å². The molecule has 2 aromatic rings. The van der Waals surface area contributed by atoms with E-state index in [1.807, 2.05) is 0 Å². The zero-order valence-electron chi connectivity index (χ0n) is 12.1. The predicted molar refractivity (Wildman–Crippen MR) is 89.3 cm³/mol. The van der Waals surface area contributed by atoms with Gasteiger partial charge in [0.05, 0.1) is 11.6 Å². The van der Waals surface area contributed by atoms with Crippen LogP contribution in [-0.2, 0) is 4.79 Å². The third-order valence-electron chi connectivity index (χ3n) is 3.37. The Morgan fingerprint density at radius 2 is 2.09 bits per heavy atom. The van der Waals surface area contributed by atoms with Crippen LogP contribution in [0.15, 0.2) is 47.1 Å². The minimum Gasteiger partial charge on any atom is -0.327 e. The Morgan fingerprint density at radius 3 is 2.74 bits per heavy atom. The van der Waals surface area contributed by atoms with Crippen LogP contribution in [-0.4, -0.2) is 16.9 Å². The molecule has 3 N–H and O–H groups in total. The summed E-state index contributed by atoms with van der Waals surface area (Å²) in [5.41, 5.74) is 1.71. The van der Waals surface area contributed by atoms with Gasteiger partial charge in [-0.25, -0.2) is 9.78 Å². The van der Waals surface area contributed by atoms with Crippen LogP contribution in [0.4, 0.5) is 9.93 Å². The number of carbonyl (C=O) groups excluding carboxylic acids is 2. The van der Waals surface area contributed by atoms with Gasteiger partial charge in [0.1, 0.15) is 0 Å². The molecule has 1 aliphatic rings. The molecule has 3 rings (SSSR count). The summed E-state index contributed by atoms with van der Waals surface area (Å²) in [6.45, 7) is 1.69. The molecule has 23 heavy (non-hydrogen) atoms. The van der Waals surface area contributed by atoms with E-state index in [0.717, 1.165) is 5.56 Å². The zero-order chi connectivity index (χ0) is 16.4. The van der Waals surface area contributed by atoms with Crippen LogP contribution in [0.2, 0.25) is 5.02 Å². The number of thiazole rings is 1. The quantitative estimate of drug-likeness (QED) is 0.797. The molecule has 118 valence electrons. The summed E-state index contributed by atoms with van der Waals surface area (Å²) in [4.78, 5) is 28.4. The summed E-state index contributed by atoms with van der Waals surface area (Å²) >= 11 is 7.23. The highest BCUT2D eigenvalue weighted by molar-refractivity contribution is 7.13. The van der Waals surface area contributed by atoms with E-state index in [2.05, 4.69) is 20.9 Å². The normalized spacial score (nSPS) is 17.5. The number of benzene rings is 1. The smallest absolute Gasteiger partial charge is 0.319 e. The van der Waals surface area contributed by atoms with Gasteiger partial charge in [-0.3, -0.25) is 10.1 Å². The van der Waals surface area contributed by atoms with Gasteiger partial charge < -0.3 is 10.6 Å². The number of carbonyl (C=O) groups is 2. The first kappa shape index (κ1) is 15.5. The van der Waals surface area contributed by atoms with Gasteiger partial charge in [-0.1, -0.05) is 23.7 Å². The van der Waals surface area contributed by atoms with E-state index in [4.69, 9.17) is 11.6 Å². The van der Waals surface area contributed by atoms with Gasteiger partial charge in [0.2, 0.25) is 0 Å². The fourth-order valence-corrected chi connectivity index (χ4v) is 3.00. The fourth-order valence-electron chi connectivity index (χ4n) is 2.35. The van der Waals surface area contributed by atoms with Crippen LogP contribution in [0.3, 0.4) is 0 Å². The van der Waals surface area contributed by atoms with Gasteiger partial charge in [-0.15, -0.1) is 11.3 Å². The number of rotatable bonds is 3. The molecule has 2 heterocycles. The molecule has 0 fully saturated rings. The van der Waals surface area contributed by atoms with Crippen molar-refractivity contribution in [1.29, 1.82) is 0 Å². The van der Waals surface area contributed by atoms with Crippen molar-refractivity contribution < 1.29 is 9.59 Å². The number of nitrogens with zero attached hydrogens (tertiary/aromatic N) is 1. The van der Waals surface area contributed by atoms with Crippen molar-refractivity contribution in [3.05, 3.63) is 57.7 Å². The summed E-state index contributed by atoms with van der Waals surface area (Å²) in [5.74, 6) is -0.315. The molecule has 0 saturated carbocycles. The van der Waals surface area contributed by atoms with E-state index in [9.17, 15) is 9.59 Å². The van der Waals surface area contributed by atoms with Gasteiger partial charge in [0.15, 0.2) is 5.13 Å². The van der Waals surface area contributed by atoms with E-state index < -0.39 is 6.04 Å². The number of amides is 3. The van der Waals surface area contributed by atoms with Crippen molar-refractivity contribution in [2.45, 2.75) is 13.0 Å². The Labute approximate surface area is 141 Å². The number of urea groups is 1. The molecule has 6 nitrogen and oxygen atoms in total. The summed E-state index contributed by atoms with van der Waals surface area (Å²) in [6.07, 6.45) is 1.61. The molecule has 1 unspecified atom stereocenters. The number of hydrogen-bond donors (Lipinski definition) is 3. The van der Waals surface area contributed by atoms with Crippen molar-refractivity contribution in [3.8, 4) is 0 Å². The number of halogens is 1. The maximum absolute atomic E-state index is 12.6. The van der Waals surface area contributed by atoms with Gasteiger partial charge in [0.25, 0.3) is 5.91 Å². The summed E-state index contributed by atoms with van der Waals surface area (Å²) in [5, 5.41) is 11.0. The molecule has 3 amide bonds. The first-order chi connectivity index (χ1) is 11.0. The molecule has 1 atom stereocenters. The van der Waals surface area contributed by atoms with E-state index in [1.54, 1.807) is 42.8 Å². The maximum Gasteiger partial charge on any atom is 0.319 e. The van der Waals surface area contributed by atoms with Crippen molar-refractivity contribution in [3.63, 3.8) is 0 Å². The highest BCUT2D eigenvalue weighted by Gasteiger charge is 2.31. The van der Waals surface area contributed by atoms with Crippen LogP contribution in [0.5, 0.6) is 0 Å². The standard InChI is InChI=1S/C15H13ClN4O2S/c1-8-11(13(21)20-15-17-6-7-23-15)12(19-14(22)18-8)9-2-4-10(16)5-3-9/h2-7,12H,1H3,(H,17,20,21)(H2,18,19,22). The van der Waals surface area contributed by atoms with Gasteiger partial charge >= 0.3 is 6.03 Å². The molecule has 0 saturated heterocycles. The lowest BCUT2D eigenvalue weighted by Crippen LogP contribution is -2.45. The SMILES string of the molecule is CC1=C(C(=O)Nc2nccs2)C(c2ccc(Cl)cc2)NC(=O)N1. The van der Waals surface area contributed by atoms with E-state index in [-0.39, 0.29) is 11.9 Å². The number of allylic oxidation sites excluding steroid dienone is 1. The molecule has 1 aliphatic heterocycles. The Kier molecular flexibility index (Phi) is 4.31. The van der Waals surface area contributed by atoms with Gasteiger partial charge in [-0.2, -0.15) is 0 Å². The summed E-state index contributed by atoms with van der Waals surface area (Å²) in [6, 6.07) is 6.09. The van der Waals surface area contributed by atoms with Crippen molar-refractivity contribution >= 4 is 40.0 Å². The lowest BCUT2D eigenvalue weighted by molar-refractivity contribution is -0.113. The summed E-state index contributed by atoms with van der Waals surface area (Å²) < 4.78 is 0. The Morgan fingerprint density at radius 1 is 1.35 bits per heavy atom. The van der Waals surface area contributed by atoms with E-state index in [1.165, 1.54) is 11.3 Å². The molecule has 8 heteroatoms. The van der Waals surface area contributed by atoms with Crippen LogP contribution in [0.1, 0.15) is 18.5 Å². The fraction of sp³-hybridized carbons (Fsp3) is 0.133. The summed E-state index contributed by atoms with van der Waals surface area (Å²) in [7, 11) is 0.